The molecule has 2 rings (SSSR count). The molecule has 0 saturated carbocycles. The summed E-state index contributed by atoms with van der Waals surface area (Å²) in [5.41, 5.74) is 6.42. The Labute approximate surface area is 114 Å². The molecule has 0 aliphatic heterocycles. The van der Waals surface area contributed by atoms with Crippen LogP contribution in [0.2, 0.25) is 0 Å². The molecular formula is C17H19NO. The maximum absolute atomic E-state index is 5.84. The summed E-state index contributed by atoms with van der Waals surface area (Å²) in [5.74, 6) is 6.92. The lowest BCUT2D eigenvalue weighted by molar-refractivity contribution is 0.309. The summed E-state index contributed by atoms with van der Waals surface area (Å²) in [7, 11) is 0. The molecule has 2 nitrogen and oxygen atoms in total. The van der Waals surface area contributed by atoms with E-state index in [0.29, 0.717) is 6.54 Å². The van der Waals surface area contributed by atoms with Crippen LogP contribution in [0.15, 0.2) is 36.4 Å². The van der Waals surface area contributed by atoms with E-state index in [-0.39, 0.29) is 0 Å². The van der Waals surface area contributed by atoms with Crippen molar-refractivity contribution in [1.29, 1.82) is 0 Å². The van der Waals surface area contributed by atoms with E-state index < -0.39 is 0 Å². The van der Waals surface area contributed by atoms with Crippen LogP contribution in [0, 0.1) is 11.8 Å². The van der Waals surface area contributed by atoms with Crippen molar-refractivity contribution >= 4 is 10.8 Å². The number of ether oxygens (including phenoxy) is 1. The van der Waals surface area contributed by atoms with Crippen LogP contribution in [-0.4, -0.2) is 13.2 Å². The predicted octanol–water partition coefficient (Wildman–Crippen LogP) is 3.33. The predicted molar refractivity (Wildman–Crippen MR) is 80.3 cm³/mol. The van der Waals surface area contributed by atoms with Crippen molar-refractivity contribution in [3.63, 3.8) is 0 Å². The molecule has 0 aromatic heterocycles. The van der Waals surface area contributed by atoms with Crippen LogP contribution in [0.25, 0.3) is 10.8 Å². The Kier molecular flexibility index (Phi) is 4.83. The second-order valence-electron chi connectivity index (χ2n) is 4.37. The monoisotopic (exact) mass is 253 g/mol. The van der Waals surface area contributed by atoms with Crippen LogP contribution in [0.5, 0.6) is 5.75 Å². The first kappa shape index (κ1) is 13.5. The van der Waals surface area contributed by atoms with Gasteiger partial charge in [-0.05, 0) is 17.9 Å². The van der Waals surface area contributed by atoms with Gasteiger partial charge in [-0.25, -0.2) is 0 Å². The standard InChI is InChI=1S/C17H19NO/c1-2-3-13-19-17-11-10-14-7-4-5-8-15(14)16(17)9-6-12-18/h4-5,7-8,10-11H,2-3,12-13,18H2,1H3. The molecule has 0 aliphatic rings. The van der Waals surface area contributed by atoms with Crippen molar-refractivity contribution in [2.24, 2.45) is 5.73 Å². The zero-order valence-electron chi connectivity index (χ0n) is 11.3. The summed E-state index contributed by atoms with van der Waals surface area (Å²) in [6.45, 7) is 3.24. The topological polar surface area (TPSA) is 35.2 Å². The number of hydrogen-bond donors (Lipinski definition) is 1. The summed E-state index contributed by atoms with van der Waals surface area (Å²) >= 11 is 0. The zero-order chi connectivity index (χ0) is 13.5. The molecule has 0 fully saturated rings. The van der Waals surface area contributed by atoms with Gasteiger partial charge in [0.05, 0.1) is 18.7 Å². The van der Waals surface area contributed by atoms with E-state index >= 15 is 0 Å². The molecular weight excluding hydrogens is 234 g/mol. The highest BCUT2D eigenvalue weighted by Gasteiger charge is 2.06. The van der Waals surface area contributed by atoms with Crippen molar-refractivity contribution in [2.75, 3.05) is 13.2 Å². The van der Waals surface area contributed by atoms with Crippen LogP contribution in [0.3, 0.4) is 0 Å². The highest BCUT2D eigenvalue weighted by atomic mass is 16.5. The van der Waals surface area contributed by atoms with E-state index in [1.807, 2.05) is 18.2 Å². The van der Waals surface area contributed by atoms with Gasteiger partial charge in [-0.2, -0.15) is 0 Å². The molecule has 0 amide bonds. The fraction of sp³-hybridized carbons (Fsp3) is 0.294. The maximum atomic E-state index is 5.84. The Hall–Kier alpha value is -1.98. The van der Waals surface area contributed by atoms with Gasteiger partial charge in [0.15, 0.2) is 0 Å². The molecule has 2 N–H and O–H groups in total. The minimum Gasteiger partial charge on any atom is -0.492 e. The number of nitrogens with two attached hydrogens (primary N) is 1. The third-order valence-corrected chi connectivity index (χ3v) is 2.96. The molecule has 2 aromatic carbocycles. The minimum absolute atomic E-state index is 0.359. The van der Waals surface area contributed by atoms with Crippen molar-refractivity contribution in [1.82, 2.24) is 0 Å². The lowest BCUT2D eigenvalue weighted by atomic mass is 10.0. The van der Waals surface area contributed by atoms with E-state index in [2.05, 4.69) is 37.0 Å². The highest BCUT2D eigenvalue weighted by molar-refractivity contribution is 5.90. The van der Waals surface area contributed by atoms with Gasteiger partial charge in [0.2, 0.25) is 0 Å². The smallest absolute Gasteiger partial charge is 0.135 e. The first-order chi connectivity index (χ1) is 9.36. The van der Waals surface area contributed by atoms with E-state index in [1.165, 1.54) is 5.39 Å². The van der Waals surface area contributed by atoms with Gasteiger partial charge in [0.1, 0.15) is 5.75 Å². The molecule has 0 radical (unpaired) electrons. The number of fused-ring (bicyclic) bond motifs is 1. The number of benzene rings is 2. The molecule has 2 heteroatoms. The largest absolute Gasteiger partial charge is 0.492 e. The van der Waals surface area contributed by atoms with Gasteiger partial charge in [0, 0.05) is 5.39 Å². The number of rotatable bonds is 4. The second-order valence-corrected chi connectivity index (χ2v) is 4.37. The molecule has 0 atom stereocenters. The molecule has 19 heavy (non-hydrogen) atoms. The summed E-state index contributed by atoms with van der Waals surface area (Å²) in [5, 5.41) is 2.30. The van der Waals surface area contributed by atoms with Gasteiger partial charge in [0.25, 0.3) is 0 Å². The van der Waals surface area contributed by atoms with Gasteiger partial charge < -0.3 is 10.5 Å². The second kappa shape index (κ2) is 6.82. The molecule has 98 valence electrons. The van der Waals surface area contributed by atoms with Gasteiger partial charge in [-0.15, -0.1) is 0 Å². The minimum atomic E-state index is 0.359. The lowest BCUT2D eigenvalue weighted by Crippen LogP contribution is -1.99. The Morgan fingerprint density at radius 1 is 1.16 bits per heavy atom. The van der Waals surface area contributed by atoms with Crippen LogP contribution in [-0.2, 0) is 0 Å². The van der Waals surface area contributed by atoms with E-state index in [9.17, 15) is 0 Å². The average Bonchev–Trinajstić information content (AvgIpc) is 2.46. The quantitative estimate of drug-likeness (QED) is 0.670. The molecule has 0 saturated heterocycles. The van der Waals surface area contributed by atoms with Gasteiger partial charge in [-0.1, -0.05) is 55.5 Å². The normalized spacial score (nSPS) is 10.0. The Morgan fingerprint density at radius 3 is 2.79 bits per heavy atom. The molecule has 0 spiro atoms. The Bertz CT molecular complexity index is 607. The Balaban J connectivity index is 2.44. The number of hydrogen-bond acceptors (Lipinski definition) is 2. The molecule has 0 bridgehead atoms. The summed E-state index contributed by atoms with van der Waals surface area (Å²) < 4.78 is 5.84. The average molecular weight is 253 g/mol. The molecule has 0 heterocycles. The van der Waals surface area contributed by atoms with E-state index in [0.717, 1.165) is 36.1 Å². The van der Waals surface area contributed by atoms with Crippen LogP contribution >= 0.6 is 0 Å². The van der Waals surface area contributed by atoms with Crippen molar-refractivity contribution in [3.05, 3.63) is 42.0 Å². The summed E-state index contributed by atoms with van der Waals surface area (Å²) in [6.07, 6.45) is 2.17. The summed E-state index contributed by atoms with van der Waals surface area (Å²) in [6, 6.07) is 12.3. The van der Waals surface area contributed by atoms with Crippen molar-refractivity contribution in [3.8, 4) is 17.6 Å². The maximum Gasteiger partial charge on any atom is 0.135 e. The van der Waals surface area contributed by atoms with Crippen LogP contribution < -0.4 is 10.5 Å². The van der Waals surface area contributed by atoms with Gasteiger partial charge in [-0.3, -0.25) is 0 Å². The highest BCUT2D eigenvalue weighted by Crippen LogP contribution is 2.27. The zero-order valence-corrected chi connectivity index (χ0v) is 11.3. The fourth-order valence-corrected chi connectivity index (χ4v) is 1.97. The summed E-state index contributed by atoms with van der Waals surface area (Å²) in [4.78, 5) is 0. The first-order valence-corrected chi connectivity index (χ1v) is 6.70. The lowest BCUT2D eigenvalue weighted by Gasteiger charge is -2.10. The molecule has 2 aromatic rings. The van der Waals surface area contributed by atoms with Gasteiger partial charge >= 0.3 is 0 Å². The van der Waals surface area contributed by atoms with Crippen molar-refractivity contribution in [2.45, 2.75) is 19.8 Å². The third kappa shape index (κ3) is 3.27. The fourth-order valence-electron chi connectivity index (χ4n) is 1.97. The molecule has 0 unspecified atom stereocenters. The van der Waals surface area contributed by atoms with Crippen LogP contribution in [0.4, 0.5) is 0 Å². The van der Waals surface area contributed by atoms with Crippen LogP contribution in [0.1, 0.15) is 25.3 Å². The van der Waals surface area contributed by atoms with E-state index in [1.54, 1.807) is 0 Å². The Morgan fingerprint density at radius 2 is 2.00 bits per heavy atom. The number of unbranched alkanes of at least 4 members (excludes halogenated alkanes) is 1. The first-order valence-electron chi connectivity index (χ1n) is 6.70. The third-order valence-electron chi connectivity index (χ3n) is 2.96. The van der Waals surface area contributed by atoms with E-state index in [4.69, 9.17) is 10.5 Å². The van der Waals surface area contributed by atoms with Crippen molar-refractivity contribution < 1.29 is 4.74 Å². The SMILES string of the molecule is CCCCOc1ccc2ccccc2c1C#CCN. The molecule has 0 aliphatic carbocycles.